The first-order chi connectivity index (χ1) is 36.0. The number of fused-ring (bicyclic) bond motifs is 8. The first kappa shape index (κ1) is 51.4. The van der Waals surface area contributed by atoms with E-state index in [4.69, 9.17) is 33.8 Å². The van der Waals surface area contributed by atoms with Gasteiger partial charge >= 0.3 is 5.97 Å². The number of anilines is 3. The van der Waals surface area contributed by atoms with Crippen molar-refractivity contribution in [3.63, 3.8) is 0 Å². The molecular weight excluding hydrogens is 1020 g/mol. The summed E-state index contributed by atoms with van der Waals surface area (Å²) < 4.78 is 58.3. The summed E-state index contributed by atoms with van der Waals surface area (Å²) in [5.41, 5.74) is 6.92. The Morgan fingerprint density at radius 2 is 1.36 bits per heavy atom. The van der Waals surface area contributed by atoms with Crippen molar-refractivity contribution in [1.82, 2.24) is 10.0 Å². The molecule has 6 heterocycles. The zero-order valence-electron chi connectivity index (χ0n) is 41.3. The van der Waals surface area contributed by atoms with E-state index in [-0.39, 0.29) is 67.2 Å². The molecule has 1 aromatic heterocycles. The van der Waals surface area contributed by atoms with Crippen LogP contribution >= 0.6 is 21.6 Å². The Kier molecular flexibility index (Phi) is 14.3. The molecule has 4 amide bonds. The van der Waals surface area contributed by atoms with Gasteiger partial charge in [0.1, 0.15) is 13.2 Å². The lowest BCUT2D eigenvalue weighted by Gasteiger charge is -2.35. The summed E-state index contributed by atoms with van der Waals surface area (Å²) in [6, 6.07) is 27.6. The normalized spacial score (nSPS) is 18.1. The monoisotopic (exact) mass is 1080 g/mol. The number of rotatable bonds is 18. The van der Waals surface area contributed by atoms with Crippen LogP contribution in [0.15, 0.2) is 96.0 Å². The third-order valence-corrected chi connectivity index (χ3v) is 17.9. The number of amides is 4. The van der Waals surface area contributed by atoms with E-state index in [2.05, 4.69) is 4.90 Å². The smallest absolute Gasteiger partial charge is 0.353 e. The Morgan fingerprint density at radius 3 is 2.01 bits per heavy atom. The molecule has 1 N–H and O–H groups in total. The molecule has 22 heteroatoms. The number of carbonyl (C=O) groups is 5. The van der Waals surface area contributed by atoms with Gasteiger partial charge in [-0.25, -0.2) is 4.79 Å². The summed E-state index contributed by atoms with van der Waals surface area (Å²) in [6.07, 6.45) is 2.39. The number of ether oxygens (including phenoxy) is 4. The molecule has 0 saturated carbocycles. The highest BCUT2D eigenvalue weighted by Gasteiger charge is 2.43. The molecular formula is C53H52N6O13S3. The number of imide groups is 1. The van der Waals surface area contributed by atoms with Crippen LogP contribution in [0.5, 0.6) is 23.0 Å². The summed E-state index contributed by atoms with van der Waals surface area (Å²) in [5.74, 6) is -1.80. The summed E-state index contributed by atoms with van der Waals surface area (Å²) in [6.45, 7) is 4.94. The Balaban J connectivity index is 0.843. The van der Waals surface area contributed by atoms with Crippen molar-refractivity contribution >= 4 is 90.3 Å². The SMILES string of the molecule is COc1cc2c(cc1OCc1cccc(COc3cc4c(cc3OC)C(=O)N3c5ccccc5C[C@H]3CN4CC(C)(C)SSCCC(C(=O)ON3C(=O)CCC3=O)S(=O)(=O)O)n1)N=C[C@@H]1Cc3ccccc3N1C2=O. The number of hydroxylamine groups is 2. The van der Waals surface area contributed by atoms with Crippen molar-refractivity contribution in [2.24, 2.45) is 4.99 Å². The van der Waals surface area contributed by atoms with E-state index >= 15 is 0 Å². The molecule has 1 unspecified atom stereocenters. The van der Waals surface area contributed by atoms with Gasteiger partial charge in [-0.05, 0) is 74.2 Å². The van der Waals surface area contributed by atoms with Crippen molar-refractivity contribution in [3.05, 3.63) is 125 Å². The fourth-order valence-corrected chi connectivity index (χ4v) is 13.4. The van der Waals surface area contributed by atoms with Crippen molar-refractivity contribution in [2.75, 3.05) is 47.8 Å². The highest BCUT2D eigenvalue weighted by atomic mass is 33.1. The highest BCUT2D eigenvalue weighted by Crippen LogP contribution is 2.46. The molecule has 19 nitrogen and oxygen atoms in total. The standard InChI is InChI=1S/C53H52N6O13S3/c1-53(2,74-73-19-18-47(75(65,66)67)52(64)72-59-48(60)16-17-49(59)61)30-56-27-36-21-32-11-6-8-15-41(32)58(36)51(63)38-23-44(69-4)46(25-42(38)56)71-29-34-13-9-12-33(55-34)28-70-45-24-39-37(22-43(45)68-3)50(62)57-35(26-54-39)20-31-10-5-7-14-40(31)57/h5-15,22-26,35-36,47H,16-21,27-30H2,1-4H3,(H,65,66,67)/t35-,36-,47?/m0/s1. The maximum absolute atomic E-state index is 14.7. The number of para-hydroxylation sites is 2. The first-order valence-electron chi connectivity index (χ1n) is 24.1. The van der Waals surface area contributed by atoms with Crippen molar-refractivity contribution < 1.29 is 60.7 Å². The third-order valence-electron chi connectivity index (χ3n) is 13.4. The Labute approximate surface area is 440 Å². The number of hydrogen-bond acceptors (Lipinski definition) is 17. The van der Waals surface area contributed by atoms with Gasteiger partial charge in [0, 0.05) is 72.6 Å². The Bertz CT molecular complexity index is 3260. The molecule has 390 valence electrons. The fourth-order valence-electron chi connectivity index (χ4n) is 9.99. The molecule has 1 fully saturated rings. The van der Waals surface area contributed by atoms with Gasteiger partial charge in [-0.3, -0.25) is 38.6 Å². The average molecular weight is 1080 g/mol. The van der Waals surface area contributed by atoms with Crippen molar-refractivity contribution in [3.8, 4) is 23.0 Å². The first-order valence-corrected chi connectivity index (χ1v) is 27.9. The predicted molar refractivity (Wildman–Crippen MR) is 282 cm³/mol. The topological polar surface area (TPSA) is 224 Å². The maximum Gasteiger partial charge on any atom is 0.353 e. The van der Waals surface area contributed by atoms with Crippen LogP contribution < -0.4 is 33.6 Å². The lowest BCUT2D eigenvalue weighted by molar-refractivity contribution is -0.197. The number of carbonyl (C=O) groups excluding carboxylic acids is 5. The summed E-state index contributed by atoms with van der Waals surface area (Å²) in [5, 5.41) is -1.78. The Hall–Kier alpha value is -7.14. The number of methoxy groups -OCH3 is 2. The zero-order valence-corrected chi connectivity index (χ0v) is 43.7. The molecule has 0 aliphatic carbocycles. The molecule has 5 aliphatic heterocycles. The van der Waals surface area contributed by atoms with Gasteiger partial charge in [-0.2, -0.15) is 8.42 Å². The van der Waals surface area contributed by atoms with Crippen LogP contribution in [0.3, 0.4) is 0 Å². The quantitative estimate of drug-likeness (QED) is 0.0392. The fraction of sp³-hybridized carbons (Fsp3) is 0.340. The van der Waals surface area contributed by atoms with Crippen LogP contribution in [0.4, 0.5) is 22.7 Å². The number of pyridine rings is 1. The van der Waals surface area contributed by atoms with E-state index < -0.39 is 37.9 Å². The van der Waals surface area contributed by atoms with Gasteiger partial charge < -0.3 is 33.6 Å². The number of benzene rings is 4. The van der Waals surface area contributed by atoms with Gasteiger partial charge in [-0.15, -0.1) is 5.06 Å². The highest BCUT2D eigenvalue weighted by molar-refractivity contribution is 8.77. The second kappa shape index (κ2) is 20.9. The molecule has 0 radical (unpaired) electrons. The number of aromatic nitrogens is 1. The summed E-state index contributed by atoms with van der Waals surface area (Å²) in [4.78, 5) is 85.7. The molecule has 0 bridgehead atoms. The van der Waals surface area contributed by atoms with Crippen LogP contribution in [0.1, 0.15) is 76.3 Å². The van der Waals surface area contributed by atoms with Crippen LogP contribution in [0.25, 0.3) is 0 Å². The van der Waals surface area contributed by atoms with E-state index in [1.807, 2.05) is 85.5 Å². The molecule has 5 aromatic rings. The van der Waals surface area contributed by atoms with Gasteiger partial charge in [0.2, 0.25) is 0 Å². The van der Waals surface area contributed by atoms with E-state index in [9.17, 15) is 36.9 Å². The van der Waals surface area contributed by atoms with Gasteiger partial charge in [0.15, 0.2) is 28.2 Å². The second-order valence-electron chi connectivity index (χ2n) is 19.1. The Morgan fingerprint density at radius 1 is 0.760 bits per heavy atom. The molecule has 3 atom stereocenters. The minimum atomic E-state index is -4.96. The number of aliphatic imine (C=N–C) groups is 1. The largest absolute Gasteiger partial charge is 0.493 e. The van der Waals surface area contributed by atoms with Crippen LogP contribution in [-0.2, 0) is 55.4 Å². The molecule has 1 saturated heterocycles. The summed E-state index contributed by atoms with van der Waals surface area (Å²) in [7, 11) is 0.765. The van der Waals surface area contributed by atoms with E-state index in [0.29, 0.717) is 82.8 Å². The van der Waals surface area contributed by atoms with Crippen LogP contribution in [0, 0.1) is 0 Å². The second-order valence-corrected chi connectivity index (χ2v) is 23.8. The average Bonchev–Trinajstić information content (AvgIpc) is 4.02. The van der Waals surface area contributed by atoms with E-state index in [1.165, 1.54) is 35.8 Å². The van der Waals surface area contributed by atoms with Crippen molar-refractivity contribution in [2.45, 2.75) is 81.2 Å². The molecule has 5 aliphatic rings. The summed E-state index contributed by atoms with van der Waals surface area (Å²) >= 11 is 0. The van der Waals surface area contributed by atoms with Crippen LogP contribution in [0.2, 0.25) is 0 Å². The van der Waals surface area contributed by atoms with Gasteiger partial charge in [0.05, 0.1) is 60.2 Å². The minimum absolute atomic E-state index is 0.0274. The lowest BCUT2D eigenvalue weighted by Crippen LogP contribution is -2.45. The molecule has 75 heavy (non-hydrogen) atoms. The van der Waals surface area contributed by atoms with Crippen LogP contribution in [-0.4, -0.2) is 114 Å². The van der Waals surface area contributed by atoms with Gasteiger partial charge in [-0.1, -0.05) is 64.1 Å². The predicted octanol–water partition coefficient (Wildman–Crippen LogP) is 7.35. The molecule has 0 spiro atoms. The maximum atomic E-state index is 14.7. The number of hydrogen-bond donors (Lipinski definition) is 1. The third kappa shape index (κ3) is 10.5. The van der Waals surface area contributed by atoms with E-state index in [0.717, 1.165) is 22.5 Å². The molecule has 10 rings (SSSR count). The van der Waals surface area contributed by atoms with E-state index in [1.54, 1.807) is 35.4 Å². The molecule has 4 aromatic carbocycles. The lowest BCUT2D eigenvalue weighted by atomic mass is 10.1. The minimum Gasteiger partial charge on any atom is -0.493 e. The number of nitrogens with zero attached hydrogens (tertiary/aromatic N) is 6. The zero-order chi connectivity index (χ0) is 52.8. The van der Waals surface area contributed by atoms with Gasteiger partial charge in [0.25, 0.3) is 33.7 Å². The van der Waals surface area contributed by atoms with Crippen molar-refractivity contribution in [1.29, 1.82) is 0 Å².